The zero-order chi connectivity index (χ0) is 22.3. The number of methoxy groups -OCH3 is 1. The molecule has 0 radical (unpaired) electrons. The van der Waals surface area contributed by atoms with Crippen LogP contribution in [0.1, 0.15) is 23.6 Å². The Morgan fingerprint density at radius 2 is 1.69 bits per heavy atom. The number of hydrogen-bond donors (Lipinski definition) is 0. The molecular formula is C27H24O5. The van der Waals surface area contributed by atoms with Crippen LogP contribution in [-0.2, 0) is 16.1 Å². The maximum atomic E-state index is 12.4. The van der Waals surface area contributed by atoms with E-state index in [0.717, 1.165) is 22.4 Å². The first-order chi connectivity index (χ1) is 15.7. The molecule has 3 aromatic carbocycles. The molecule has 0 atom stereocenters. The van der Waals surface area contributed by atoms with E-state index in [9.17, 15) is 4.79 Å². The van der Waals surface area contributed by atoms with Gasteiger partial charge in [-0.05, 0) is 66.6 Å². The highest BCUT2D eigenvalue weighted by Gasteiger charge is 2.22. The van der Waals surface area contributed by atoms with Crippen LogP contribution in [0.25, 0.3) is 11.8 Å². The number of cyclic esters (lactones) is 1. The van der Waals surface area contributed by atoms with Gasteiger partial charge in [-0.15, -0.1) is 0 Å². The summed E-state index contributed by atoms with van der Waals surface area (Å²) >= 11 is 0. The van der Waals surface area contributed by atoms with Crippen molar-refractivity contribution in [3.63, 3.8) is 0 Å². The molecule has 0 fully saturated rings. The Morgan fingerprint density at radius 3 is 2.41 bits per heavy atom. The molecule has 32 heavy (non-hydrogen) atoms. The Bertz CT molecular complexity index is 1140. The van der Waals surface area contributed by atoms with Gasteiger partial charge in [0.1, 0.15) is 18.1 Å². The van der Waals surface area contributed by atoms with Crippen molar-refractivity contribution in [2.24, 2.45) is 0 Å². The van der Waals surface area contributed by atoms with Crippen LogP contribution in [0.5, 0.6) is 17.2 Å². The van der Waals surface area contributed by atoms with Gasteiger partial charge in [-0.2, -0.15) is 0 Å². The van der Waals surface area contributed by atoms with Crippen LogP contribution in [0, 0.1) is 0 Å². The van der Waals surface area contributed by atoms with Gasteiger partial charge in [-0.25, -0.2) is 4.79 Å². The van der Waals surface area contributed by atoms with Crippen LogP contribution in [0.2, 0.25) is 0 Å². The molecule has 0 aromatic heterocycles. The summed E-state index contributed by atoms with van der Waals surface area (Å²) in [6, 6.07) is 22.9. The van der Waals surface area contributed by atoms with Gasteiger partial charge in [0.2, 0.25) is 0 Å². The maximum Gasteiger partial charge on any atom is 0.343 e. The molecule has 3 aromatic rings. The van der Waals surface area contributed by atoms with Gasteiger partial charge in [0.15, 0.2) is 11.5 Å². The molecule has 162 valence electrons. The van der Waals surface area contributed by atoms with Crippen molar-refractivity contribution >= 4 is 17.8 Å². The van der Waals surface area contributed by atoms with Gasteiger partial charge in [-0.1, -0.05) is 36.4 Å². The first kappa shape index (κ1) is 21.2. The van der Waals surface area contributed by atoms with Crippen molar-refractivity contribution in [1.82, 2.24) is 0 Å². The lowest BCUT2D eigenvalue weighted by Gasteiger charge is -2.13. The molecule has 0 N–H and O–H groups in total. The van der Waals surface area contributed by atoms with Gasteiger partial charge < -0.3 is 18.9 Å². The smallest absolute Gasteiger partial charge is 0.343 e. The van der Waals surface area contributed by atoms with E-state index in [1.165, 1.54) is 0 Å². The molecule has 5 nitrogen and oxygen atoms in total. The lowest BCUT2D eigenvalue weighted by molar-refractivity contribution is -0.130. The monoisotopic (exact) mass is 428 g/mol. The van der Waals surface area contributed by atoms with Gasteiger partial charge in [0.05, 0.1) is 19.3 Å². The van der Waals surface area contributed by atoms with E-state index in [4.69, 9.17) is 18.9 Å². The van der Waals surface area contributed by atoms with Crippen LogP contribution in [0.15, 0.2) is 84.4 Å². The average molecular weight is 428 g/mol. The molecule has 1 aliphatic rings. The Morgan fingerprint density at radius 1 is 0.906 bits per heavy atom. The van der Waals surface area contributed by atoms with Crippen molar-refractivity contribution in [2.75, 3.05) is 13.7 Å². The number of benzene rings is 3. The maximum absolute atomic E-state index is 12.4. The molecule has 0 unspecified atom stereocenters. The molecule has 0 amide bonds. The number of carbonyl (C=O) groups is 1. The first-order valence-corrected chi connectivity index (χ1v) is 10.4. The Balaban J connectivity index is 1.55. The highest BCUT2D eigenvalue weighted by atomic mass is 16.5. The molecule has 1 heterocycles. The lowest BCUT2D eigenvalue weighted by atomic mass is 10.1. The number of hydrogen-bond acceptors (Lipinski definition) is 5. The minimum atomic E-state index is -0.391. The molecule has 0 spiro atoms. The summed E-state index contributed by atoms with van der Waals surface area (Å²) in [4.78, 5) is 12.4. The van der Waals surface area contributed by atoms with Gasteiger partial charge in [0.25, 0.3) is 0 Å². The largest absolute Gasteiger partial charge is 0.497 e. The van der Waals surface area contributed by atoms with Crippen LogP contribution in [-0.4, -0.2) is 19.7 Å². The second-order valence-corrected chi connectivity index (χ2v) is 7.14. The summed E-state index contributed by atoms with van der Waals surface area (Å²) < 4.78 is 22.4. The predicted octanol–water partition coefficient (Wildman–Crippen LogP) is 5.65. The van der Waals surface area contributed by atoms with Crippen LogP contribution in [0.3, 0.4) is 0 Å². The number of ether oxygens (including phenoxy) is 4. The summed E-state index contributed by atoms with van der Waals surface area (Å²) in [7, 11) is 1.61. The van der Waals surface area contributed by atoms with E-state index in [2.05, 4.69) is 0 Å². The zero-order valence-electron chi connectivity index (χ0n) is 18.0. The predicted molar refractivity (Wildman–Crippen MR) is 123 cm³/mol. The van der Waals surface area contributed by atoms with E-state index in [-0.39, 0.29) is 0 Å². The summed E-state index contributed by atoms with van der Waals surface area (Å²) in [5.74, 6) is 2.15. The molecule has 1 aliphatic heterocycles. The molecule has 5 heteroatoms. The van der Waals surface area contributed by atoms with E-state index in [1.54, 1.807) is 19.3 Å². The second kappa shape index (κ2) is 9.88. The summed E-state index contributed by atoms with van der Waals surface area (Å²) in [6.07, 6.45) is 3.52. The number of rotatable bonds is 8. The molecular weight excluding hydrogens is 404 g/mol. The number of carbonyl (C=O) groups excluding carboxylic acids is 1. The van der Waals surface area contributed by atoms with E-state index in [1.807, 2.05) is 79.7 Å². The SMILES string of the molecule is CCOc1cc(C=C2C=C(c3ccc(OC)cc3)OC2=O)ccc1OCc1ccccc1. The first-order valence-electron chi connectivity index (χ1n) is 10.4. The quantitative estimate of drug-likeness (QED) is 0.343. The standard InChI is InChI=1S/C27H24O5/c1-3-30-26-16-20(9-14-24(26)31-18-19-7-5-4-6-8-19)15-22-17-25(32-27(22)28)21-10-12-23(29-2)13-11-21/h4-17H,3,18H2,1-2H3. The fourth-order valence-corrected chi connectivity index (χ4v) is 3.30. The lowest BCUT2D eigenvalue weighted by Crippen LogP contribution is -2.00. The van der Waals surface area contributed by atoms with E-state index >= 15 is 0 Å². The molecule has 0 bridgehead atoms. The minimum absolute atomic E-state index is 0.391. The highest BCUT2D eigenvalue weighted by Crippen LogP contribution is 2.32. The highest BCUT2D eigenvalue weighted by molar-refractivity contribution is 6.05. The zero-order valence-corrected chi connectivity index (χ0v) is 18.0. The van der Waals surface area contributed by atoms with Crippen molar-refractivity contribution < 1.29 is 23.7 Å². The Kier molecular flexibility index (Phi) is 6.56. The third kappa shape index (κ3) is 5.01. The van der Waals surface area contributed by atoms with Crippen molar-refractivity contribution in [2.45, 2.75) is 13.5 Å². The Labute approximate surface area is 187 Å². The van der Waals surface area contributed by atoms with Crippen LogP contribution < -0.4 is 14.2 Å². The number of esters is 1. The third-order valence-corrected chi connectivity index (χ3v) is 4.93. The fourth-order valence-electron chi connectivity index (χ4n) is 3.30. The van der Waals surface area contributed by atoms with Gasteiger partial charge in [0, 0.05) is 5.56 Å². The summed E-state index contributed by atoms with van der Waals surface area (Å²) in [5, 5.41) is 0. The summed E-state index contributed by atoms with van der Waals surface area (Å²) in [5.41, 5.74) is 3.17. The van der Waals surface area contributed by atoms with E-state index in [0.29, 0.717) is 36.0 Å². The van der Waals surface area contributed by atoms with Crippen molar-refractivity contribution in [3.8, 4) is 17.2 Å². The second-order valence-electron chi connectivity index (χ2n) is 7.14. The normalized spacial score (nSPS) is 14.1. The Hall–Kier alpha value is -3.99. The molecule has 0 saturated carbocycles. The van der Waals surface area contributed by atoms with E-state index < -0.39 is 5.97 Å². The molecule has 4 rings (SSSR count). The third-order valence-electron chi connectivity index (χ3n) is 4.93. The van der Waals surface area contributed by atoms with Crippen LogP contribution >= 0.6 is 0 Å². The molecule has 0 saturated heterocycles. The van der Waals surface area contributed by atoms with Gasteiger partial charge >= 0.3 is 5.97 Å². The minimum Gasteiger partial charge on any atom is -0.497 e. The topological polar surface area (TPSA) is 54.0 Å². The summed E-state index contributed by atoms with van der Waals surface area (Å²) in [6.45, 7) is 2.87. The van der Waals surface area contributed by atoms with Crippen molar-refractivity contribution in [3.05, 3.63) is 101 Å². The molecule has 0 aliphatic carbocycles. The van der Waals surface area contributed by atoms with Crippen molar-refractivity contribution in [1.29, 1.82) is 0 Å². The van der Waals surface area contributed by atoms with Gasteiger partial charge in [-0.3, -0.25) is 0 Å². The fraction of sp³-hybridized carbons (Fsp3) is 0.148. The average Bonchev–Trinajstić information content (AvgIpc) is 3.19. The van der Waals surface area contributed by atoms with Crippen LogP contribution in [0.4, 0.5) is 0 Å².